The number of nitrogens with two attached hydrogens (primary N) is 1. The van der Waals surface area contributed by atoms with Gasteiger partial charge in [0.15, 0.2) is 0 Å². The number of carbonyl (C=O) groups is 2. The first-order valence-corrected chi connectivity index (χ1v) is 21.5. The second-order valence-electron chi connectivity index (χ2n) is 13.0. The highest BCUT2D eigenvalue weighted by molar-refractivity contribution is 7.47. The molecule has 0 radical (unpaired) electrons. The SMILES string of the molecule is CC/C=C\C/C=C\C/C=C\C/C=C\C/C=C\C/C=C\CCCCCCC(=O)OC(COCCCCCCCCCC)COP(=O)(O)OCC(N)C(=O)O. The quantitative estimate of drug-likeness (QED) is 0.0241. The van der Waals surface area contributed by atoms with Gasteiger partial charge >= 0.3 is 19.8 Å². The van der Waals surface area contributed by atoms with E-state index in [-0.39, 0.29) is 13.0 Å². The number of esters is 1. The number of carbonyl (C=O) groups excluding carboxylic acids is 1. The van der Waals surface area contributed by atoms with Crippen LogP contribution >= 0.6 is 7.82 Å². The molecule has 0 aliphatic rings. The van der Waals surface area contributed by atoms with E-state index in [0.717, 1.165) is 83.5 Å². The third-order valence-corrected chi connectivity index (χ3v) is 8.95. The molecule has 0 aromatic carbocycles. The van der Waals surface area contributed by atoms with Crippen molar-refractivity contribution < 1.29 is 42.7 Å². The summed E-state index contributed by atoms with van der Waals surface area (Å²) in [6.07, 6.45) is 45.4. The topological polar surface area (TPSA) is 155 Å². The molecule has 0 rings (SSSR count). The number of hydrogen-bond donors (Lipinski definition) is 3. The first-order chi connectivity index (χ1) is 25.7. The number of carboxylic acids is 1. The van der Waals surface area contributed by atoms with Crippen molar-refractivity contribution in [3.8, 4) is 0 Å². The molecule has 3 atom stereocenters. The maximum atomic E-state index is 12.6. The van der Waals surface area contributed by atoms with Crippen LogP contribution in [-0.2, 0) is 32.7 Å². The minimum atomic E-state index is -4.62. The summed E-state index contributed by atoms with van der Waals surface area (Å²) in [5, 5.41) is 8.86. The molecule has 0 saturated carbocycles. The summed E-state index contributed by atoms with van der Waals surface area (Å²) < 4.78 is 33.1. The van der Waals surface area contributed by atoms with Crippen molar-refractivity contribution >= 4 is 19.8 Å². The highest BCUT2D eigenvalue weighted by Crippen LogP contribution is 2.43. The molecule has 11 heteroatoms. The maximum absolute atomic E-state index is 12.6. The summed E-state index contributed by atoms with van der Waals surface area (Å²) in [5.41, 5.74) is 5.33. The van der Waals surface area contributed by atoms with Crippen LogP contribution < -0.4 is 5.73 Å². The lowest BCUT2D eigenvalue weighted by atomic mass is 10.1. The van der Waals surface area contributed by atoms with Gasteiger partial charge in [-0.3, -0.25) is 18.6 Å². The van der Waals surface area contributed by atoms with E-state index in [1.165, 1.54) is 32.1 Å². The van der Waals surface area contributed by atoms with Crippen molar-refractivity contribution in [2.45, 2.75) is 154 Å². The Kier molecular flexibility index (Phi) is 35.9. The van der Waals surface area contributed by atoms with E-state index in [9.17, 15) is 19.0 Å². The predicted molar refractivity (Wildman–Crippen MR) is 217 cm³/mol. The monoisotopic (exact) mass is 765 g/mol. The van der Waals surface area contributed by atoms with Gasteiger partial charge in [-0.2, -0.15) is 0 Å². The van der Waals surface area contributed by atoms with Gasteiger partial charge in [0.05, 0.1) is 19.8 Å². The normalized spacial score (nSPS) is 14.8. The van der Waals surface area contributed by atoms with Crippen LogP contribution in [0.3, 0.4) is 0 Å². The zero-order chi connectivity index (χ0) is 39.1. The van der Waals surface area contributed by atoms with Gasteiger partial charge in [-0.1, -0.05) is 145 Å². The van der Waals surface area contributed by atoms with Gasteiger partial charge in [0, 0.05) is 13.0 Å². The van der Waals surface area contributed by atoms with Crippen molar-refractivity contribution in [3.05, 3.63) is 72.9 Å². The highest BCUT2D eigenvalue weighted by atomic mass is 31.2. The summed E-state index contributed by atoms with van der Waals surface area (Å²) in [5.74, 6) is -1.81. The maximum Gasteiger partial charge on any atom is 0.472 e. The molecule has 0 amide bonds. The van der Waals surface area contributed by atoms with Crippen molar-refractivity contribution in [3.63, 3.8) is 0 Å². The Labute approximate surface area is 321 Å². The van der Waals surface area contributed by atoms with Gasteiger partial charge in [0.25, 0.3) is 0 Å². The lowest BCUT2D eigenvalue weighted by molar-refractivity contribution is -0.154. The molecule has 0 heterocycles. The fourth-order valence-corrected chi connectivity index (χ4v) is 5.68. The van der Waals surface area contributed by atoms with Crippen LogP contribution in [0.5, 0.6) is 0 Å². The zero-order valence-corrected chi connectivity index (χ0v) is 33.7. The standard InChI is InChI=1S/C42H72NO9P/c1-3-5-7-9-11-13-14-15-16-17-18-19-20-21-22-23-24-25-26-27-28-30-32-34-41(44)52-39(36-49-35-33-31-29-12-10-8-6-4-2)37-50-53(47,48)51-38-40(43)42(45)46/h5,7,11,13,15-16,18-19,21-22,24-25,39-40H,3-4,6,8-10,12,14,17,20,23,26-38,43H2,1-2H3,(H,45,46)(H,47,48)/b7-5-,13-11-,16-15-,19-18-,22-21-,25-24-. The number of hydrogen-bond acceptors (Lipinski definition) is 8. The number of unbranched alkanes of at least 4 members (excludes halogenated alkanes) is 11. The van der Waals surface area contributed by atoms with Gasteiger partial charge in [-0.15, -0.1) is 0 Å². The molecule has 53 heavy (non-hydrogen) atoms. The molecule has 0 aliphatic heterocycles. The molecule has 0 aromatic heterocycles. The smallest absolute Gasteiger partial charge is 0.472 e. The van der Waals surface area contributed by atoms with E-state index >= 15 is 0 Å². The Morgan fingerprint density at radius 2 is 1.09 bits per heavy atom. The largest absolute Gasteiger partial charge is 0.480 e. The van der Waals surface area contributed by atoms with Gasteiger partial charge in [-0.25, -0.2) is 4.57 Å². The predicted octanol–water partition coefficient (Wildman–Crippen LogP) is 10.6. The van der Waals surface area contributed by atoms with Crippen molar-refractivity contribution in [1.82, 2.24) is 0 Å². The molecule has 0 fully saturated rings. The fourth-order valence-electron chi connectivity index (χ4n) is 4.90. The van der Waals surface area contributed by atoms with Gasteiger partial charge in [0.1, 0.15) is 12.1 Å². The fraction of sp³-hybridized carbons (Fsp3) is 0.667. The van der Waals surface area contributed by atoms with Crippen molar-refractivity contribution in [1.29, 1.82) is 0 Å². The van der Waals surface area contributed by atoms with Gasteiger partial charge in [-0.05, 0) is 64.2 Å². The summed E-state index contributed by atoms with van der Waals surface area (Å²) in [6.45, 7) is 3.68. The number of carboxylic acid groups (broad SMARTS) is 1. The van der Waals surface area contributed by atoms with Crippen LogP contribution in [0.4, 0.5) is 0 Å². The van der Waals surface area contributed by atoms with E-state index in [1.807, 2.05) is 0 Å². The number of phosphoric acid groups is 1. The number of ether oxygens (including phenoxy) is 2. The lowest BCUT2D eigenvalue weighted by Crippen LogP contribution is -2.34. The number of aliphatic carboxylic acids is 1. The summed E-state index contributed by atoms with van der Waals surface area (Å²) in [4.78, 5) is 33.4. The highest BCUT2D eigenvalue weighted by Gasteiger charge is 2.27. The second kappa shape index (κ2) is 37.7. The average Bonchev–Trinajstić information content (AvgIpc) is 3.13. The third kappa shape index (κ3) is 37.5. The van der Waals surface area contributed by atoms with Crippen LogP contribution in [0.25, 0.3) is 0 Å². The molecule has 0 bridgehead atoms. The summed E-state index contributed by atoms with van der Waals surface area (Å²) in [6, 6.07) is -1.48. The zero-order valence-electron chi connectivity index (χ0n) is 32.8. The summed E-state index contributed by atoms with van der Waals surface area (Å²) in [7, 11) is -4.62. The molecule has 0 saturated heterocycles. The molecule has 4 N–H and O–H groups in total. The number of rotatable bonds is 37. The third-order valence-electron chi connectivity index (χ3n) is 8.00. The van der Waals surface area contributed by atoms with E-state index in [0.29, 0.717) is 13.0 Å². The molecule has 0 aromatic rings. The Hall–Kier alpha value is -2.59. The first-order valence-electron chi connectivity index (χ1n) is 20.0. The van der Waals surface area contributed by atoms with Gasteiger partial charge < -0.3 is 25.2 Å². The van der Waals surface area contributed by atoms with Crippen molar-refractivity contribution in [2.75, 3.05) is 26.4 Å². The Balaban J connectivity index is 4.26. The molecule has 0 aliphatic carbocycles. The first kappa shape index (κ1) is 50.4. The van der Waals surface area contributed by atoms with Crippen LogP contribution in [0.1, 0.15) is 142 Å². The molecule has 10 nitrogen and oxygen atoms in total. The van der Waals surface area contributed by atoms with E-state index in [2.05, 4.69) is 91.3 Å². The van der Waals surface area contributed by atoms with Crippen LogP contribution in [0, 0.1) is 0 Å². The summed E-state index contributed by atoms with van der Waals surface area (Å²) >= 11 is 0. The molecule has 3 unspecified atom stereocenters. The Morgan fingerprint density at radius 1 is 0.623 bits per heavy atom. The molecular weight excluding hydrogens is 693 g/mol. The lowest BCUT2D eigenvalue weighted by Gasteiger charge is -2.20. The van der Waals surface area contributed by atoms with E-state index in [1.54, 1.807) is 0 Å². The average molecular weight is 766 g/mol. The van der Waals surface area contributed by atoms with E-state index < -0.39 is 45.1 Å². The van der Waals surface area contributed by atoms with E-state index in [4.69, 9.17) is 24.8 Å². The number of allylic oxidation sites excluding steroid dienone is 12. The Morgan fingerprint density at radius 3 is 1.64 bits per heavy atom. The molecule has 0 spiro atoms. The van der Waals surface area contributed by atoms with Crippen LogP contribution in [0.2, 0.25) is 0 Å². The molecular formula is C42H72NO9P. The van der Waals surface area contributed by atoms with Crippen LogP contribution in [-0.4, -0.2) is 60.5 Å². The van der Waals surface area contributed by atoms with Gasteiger partial charge in [0.2, 0.25) is 0 Å². The van der Waals surface area contributed by atoms with Crippen molar-refractivity contribution in [2.24, 2.45) is 5.73 Å². The number of phosphoric ester groups is 1. The minimum absolute atomic E-state index is 0.00281. The van der Waals surface area contributed by atoms with Crippen LogP contribution in [0.15, 0.2) is 72.9 Å². The Bertz CT molecular complexity index is 1120. The molecule has 304 valence electrons. The second-order valence-corrected chi connectivity index (χ2v) is 14.5. The minimum Gasteiger partial charge on any atom is -0.480 e.